The van der Waals surface area contributed by atoms with Gasteiger partial charge in [0.15, 0.2) is 0 Å². The molecule has 1 aliphatic carbocycles. The lowest BCUT2D eigenvalue weighted by Gasteiger charge is -2.21. The van der Waals surface area contributed by atoms with Crippen molar-refractivity contribution in [2.75, 3.05) is 11.9 Å². The molecule has 0 radical (unpaired) electrons. The number of nitrogens with one attached hydrogen (secondary N) is 1. The van der Waals surface area contributed by atoms with Gasteiger partial charge < -0.3 is 10.1 Å². The predicted octanol–water partition coefficient (Wildman–Crippen LogP) is 4.55. The van der Waals surface area contributed by atoms with Crippen LogP contribution in [0.4, 0.5) is 5.69 Å². The van der Waals surface area contributed by atoms with Crippen molar-refractivity contribution in [2.24, 2.45) is 5.92 Å². The summed E-state index contributed by atoms with van der Waals surface area (Å²) < 4.78 is 5.08. The largest absolute Gasteiger partial charge is 0.462 e. The van der Waals surface area contributed by atoms with E-state index in [0.717, 1.165) is 18.5 Å². The molecule has 0 spiro atoms. The van der Waals surface area contributed by atoms with Crippen LogP contribution < -0.4 is 5.32 Å². The third-order valence-electron chi connectivity index (χ3n) is 4.35. The highest BCUT2D eigenvalue weighted by molar-refractivity contribution is 5.93. The molecule has 1 N–H and O–H groups in total. The quantitative estimate of drug-likeness (QED) is 0.750. The maximum Gasteiger partial charge on any atom is 0.338 e. The van der Waals surface area contributed by atoms with Gasteiger partial charge >= 0.3 is 5.97 Å². The number of benzene rings is 1. The van der Waals surface area contributed by atoms with Gasteiger partial charge in [-0.2, -0.15) is 0 Å². The molecule has 1 fully saturated rings. The van der Waals surface area contributed by atoms with Crippen molar-refractivity contribution in [3.05, 3.63) is 29.8 Å². The van der Waals surface area contributed by atoms with Crippen molar-refractivity contribution in [2.45, 2.75) is 58.3 Å². The highest BCUT2D eigenvalue weighted by Gasteiger charge is 2.15. The number of hydrogen-bond acceptors (Lipinski definition) is 3. The van der Waals surface area contributed by atoms with E-state index in [0.29, 0.717) is 24.5 Å². The fourth-order valence-corrected chi connectivity index (χ4v) is 3.00. The summed E-state index contributed by atoms with van der Waals surface area (Å²) in [4.78, 5) is 23.7. The fourth-order valence-electron chi connectivity index (χ4n) is 3.00. The van der Waals surface area contributed by atoms with Crippen LogP contribution in [-0.4, -0.2) is 18.5 Å². The first-order chi connectivity index (χ1) is 11.2. The van der Waals surface area contributed by atoms with Crippen LogP contribution in [0.1, 0.15) is 68.6 Å². The fraction of sp³-hybridized carbons (Fsp3) is 0.579. The first kappa shape index (κ1) is 17.5. The topological polar surface area (TPSA) is 55.4 Å². The van der Waals surface area contributed by atoms with Crippen LogP contribution in [-0.2, 0) is 9.53 Å². The average Bonchev–Trinajstić information content (AvgIpc) is 2.59. The molecule has 4 nitrogen and oxygen atoms in total. The minimum absolute atomic E-state index is 0.0527. The molecule has 0 aromatic heterocycles. The molecule has 1 aromatic rings. The number of amides is 1. The molecule has 0 aliphatic heterocycles. The number of ether oxygens (including phenoxy) is 1. The first-order valence-electron chi connectivity index (χ1n) is 8.76. The van der Waals surface area contributed by atoms with Crippen LogP contribution in [0.3, 0.4) is 0 Å². The third kappa shape index (κ3) is 6.05. The summed E-state index contributed by atoms with van der Waals surface area (Å²) >= 11 is 0. The maximum atomic E-state index is 12.0. The highest BCUT2D eigenvalue weighted by atomic mass is 16.5. The summed E-state index contributed by atoms with van der Waals surface area (Å²) in [6.45, 7) is 2.39. The molecular weight excluding hydrogens is 290 g/mol. The summed E-state index contributed by atoms with van der Waals surface area (Å²) in [5.74, 6) is 0.448. The van der Waals surface area contributed by atoms with Crippen LogP contribution >= 0.6 is 0 Å². The van der Waals surface area contributed by atoms with E-state index in [1.54, 1.807) is 24.3 Å². The number of rotatable bonds is 7. The van der Waals surface area contributed by atoms with Crippen LogP contribution in [0, 0.1) is 5.92 Å². The van der Waals surface area contributed by atoms with Gasteiger partial charge in [0.1, 0.15) is 0 Å². The first-order valence-corrected chi connectivity index (χ1v) is 8.76. The zero-order valence-electron chi connectivity index (χ0n) is 14.0. The van der Waals surface area contributed by atoms with Gasteiger partial charge in [-0.3, -0.25) is 4.79 Å². The molecule has 1 aromatic carbocycles. The van der Waals surface area contributed by atoms with E-state index in [2.05, 4.69) is 5.32 Å². The summed E-state index contributed by atoms with van der Waals surface area (Å²) in [6, 6.07) is 6.88. The Labute approximate surface area is 138 Å². The normalized spacial score (nSPS) is 15.2. The SMILES string of the molecule is CCCOC(=O)c1ccc(NC(=O)CCC2CCCCC2)cc1. The standard InChI is InChI=1S/C19H27NO3/c1-2-14-23-19(22)16-9-11-17(12-10-16)20-18(21)13-8-15-6-4-3-5-7-15/h9-12,15H,2-8,13-14H2,1H3,(H,20,21). The van der Waals surface area contributed by atoms with Gasteiger partial charge in [0, 0.05) is 12.1 Å². The van der Waals surface area contributed by atoms with E-state index in [-0.39, 0.29) is 11.9 Å². The van der Waals surface area contributed by atoms with Crippen molar-refractivity contribution in [3.63, 3.8) is 0 Å². The van der Waals surface area contributed by atoms with Crippen molar-refractivity contribution in [1.82, 2.24) is 0 Å². The van der Waals surface area contributed by atoms with Crippen LogP contribution in [0.2, 0.25) is 0 Å². The number of carbonyl (C=O) groups is 2. The Morgan fingerprint density at radius 1 is 1.13 bits per heavy atom. The Bertz CT molecular complexity index is 504. The minimum atomic E-state index is -0.318. The average molecular weight is 317 g/mol. The van der Waals surface area contributed by atoms with E-state index in [4.69, 9.17) is 4.74 Å². The van der Waals surface area contributed by atoms with E-state index in [9.17, 15) is 9.59 Å². The minimum Gasteiger partial charge on any atom is -0.462 e. The van der Waals surface area contributed by atoms with Crippen molar-refractivity contribution >= 4 is 17.6 Å². The molecule has 1 amide bonds. The Kier molecular flexibility index (Phi) is 7.11. The molecular formula is C19H27NO3. The van der Waals surface area contributed by atoms with Gasteiger partial charge in [0.2, 0.25) is 5.91 Å². The van der Waals surface area contributed by atoms with Gasteiger partial charge in [-0.15, -0.1) is 0 Å². The van der Waals surface area contributed by atoms with Gasteiger partial charge in [-0.05, 0) is 43.0 Å². The molecule has 1 aliphatic rings. The molecule has 126 valence electrons. The summed E-state index contributed by atoms with van der Waals surface area (Å²) in [6.07, 6.45) is 8.85. The number of anilines is 1. The molecule has 1 saturated carbocycles. The molecule has 0 atom stereocenters. The van der Waals surface area contributed by atoms with Gasteiger partial charge in [0.25, 0.3) is 0 Å². The summed E-state index contributed by atoms with van der Waals surface area (Å²) in [5.41, 5.74) is 1.24. The second kappa shape index (κ2) is 9.33. The molecule has 0 saturated heterocycles. The van der Waals surface area contributed by atoms with Crippen LogP contribution in [0.5, 0.6) is 0 Å². The number of hydrogen-bond donors (Lipinski definition) is 1. The molecule has 4 heteroatoms. The van der Waals surface area contributed by atoms with Gasteiger partial charge in [-0.25, -0.2) is 4.79 Å². The van der Waals surface area contributed by atoms with Crippen molar-refractivity contribution in [3.8, 4) is 0 Å². The van der Waals surface area contributed by atoms with E-state index >= 15 is 0 Å². The van der Waals surface area contributed by atoms with Crippen molar-refractivity contribution in [1.29, 1.82) is 0 Å². The molecule has 0 heterocycles. The van der Waals surface area contributed by atoms with Gasteiger partial charge in [0.05, 0.1) is 12.2 Å². The smallest absolute Gasteiger partial charge is 0.338 e. The zero-order chi connectivity index (χ0) is 16.5. The van der Waals surface area contributed by atoms with Gasteiger partial charge in [-0.1, -0.05) is 39.0 Å². The summed E-state index contributed by atoms with van der Waals surface area (Å²) in [5, 5.41) is 2.90. The zero-order valence-corrected chi connectivity index (χ0v) is 14.0. The Morgan fingerprint density at radius 2 is 1.83 bits per heavy atom. The lowest BCUT2D eigenvalue weighted by atomic mass is 9.86. The number of carbonyl (C=O) groups excluding carboxylic acids is 2. The predicted molar refractivity (Wildman–Crippen MR) is 91.5 cm³/mol. The van der Waals surface area contributed by atoms with E-state index in [1.807, 2.05) is 6.92 Å². The van der Waals surface area contributed by atoms with Crippen LogP contribution in [0.25, 0.3) is 0 Å². The molecule has 23 heavy (non-hydrogen) atoms. The lowest BCUT2D eigenvalue weighted by molar-refractivity contribution is -0.116. The Hall–Kier alpha value is -1.84. The van der Waals surface area contributed by atoms with E-state index < -0.39 is 0 Å². The monoisotopic (exact) mass is 317 g/mol. The Balaban J connectivity index is 1.76. The second-order valence-corrected chi connectivity index (χ2v) is 6.30. The van der Waals surface area contributed by atoms with E-state index in [1.165, 1.54) is 32.1 Å². The molecule has 0 bridgehead atoms. The second-order valence-electron chi connectivity index (χ2n) is 6.30. The lowest BCUT2D eigenvalue weighted by Crippen LogP contribution is -2.15. The maximum absolute atomic E-state index is 12.0. The molecule has 2 rings (SSSR count). The number of esters is 1. The third-order valence-corrected chi connectivity index (χ3v) is 4.35. The van der Waals surface area contributed by atoms with Crippen LogP contribution in [0.15, 0.2) is 24.3 Å². The highest BCUT2D eigenvalue weighted by Crippen LogP contribution is 2.27. The van der Waals surface area contributed by atoms with Crippen molar-refractivity contribution < 1.29 is 14.3 Å². The summed E-state index contributed by atoms with van der Waals surface area (Å²) in [7, 11) is 0. The Morgan fingerprint density at radius 3 is 2.48 bits per heavy atom. The molecule has 0 unspecified atom stereocenters.